The monoisotopic (exact) mass is 389 g/mol. The van der Waals surface area contributed by atoms with Gasteiger partial charge in [0.05, 0.1) is 5.52 Å². The Morgan fingerprint density at radius 3 is 2.39 bits per heavy atom. The van der Waals surface area contributed by atoms with E-state index in [0.29, 0.717) is 6.61 Å². The molecule has 0 unspecified atom stereocenters. The summed E-state index contributed by atoms with van der Waals surface area (Å²) in [5.74, 6) is 1.61. The molecule has 0 amide bonds. The molecule has 1 N–H and O–H groups in total. The minimum absolute atomic E-state index is 0.500. The fourth-order valence-electron chi connectivity index (χ4n) is 2.94. The molecule has 0 spiro atoms. The molecule has 140 valence electrons. The first-order chi connectivity index (χ1) is 13.7. The van der Waals surface area contributed by atoms with E-state index in [1.807, 2.05) is 54.6 Å². The number of benzene rings is 3. The van der Waals surface area contributed by atoms with Crippen LogP contribution in [0, 0.1) is 0 Å². The molecule has 4 aromatic rings. The third-order valence-electron chi connectivity index (χ3n) is 4.54. The van der Waals surface area contributed by atoms with E-state index in [2.05, 4.69) is 34.3 Å². The van der Waals surface area contributed by atoms with Crippen molar-refractivity contribution in [1.29, 1.82) is 0 Å². The van der Waals surface area contributed by atoms with E-state index in [1.165, 1.54) is 5.56 Å². The number of aryl methyl sites for hydroxylation is 1. The van der Waals surface area contributed by atoms with Gasteiger partial charge < -0.3 is 10.1 Å². The first kappa shape index (κ1) is 18.3. The van der Waals surface area contributed by atoms with E-state index < -0.39 is 0 Å². The number of anilines is 2. The predicted molar refractivity (Wildman–Crippen MR) is 114 cm³/mol. The van der Waals surface area contributed by atoms with Gasteiger partial charge in [0, 0.05) is 16.1 Å². The van der Waals surface area contributed by atoms with Crippen LogP contribution in [0.4, 0.5) is 11.5 Å². The van der Waals surface area contributed by atoms with Crippen LogP contribution in [-0.4, -0.2) is 9.97 Å². The van der Waals surface area contributed by atoms with Crippen LogP contribution in [0.5, 0.6) is 5.75 Å². The first-order valence-electron chi connectivity index (χ1n) is 9.19. The van der Waals surface area contributed by atoms with Gasteiger partial charge in [0.15, 0.2) is 0 Å². The van der Waals surface area contributed by atoms with E-state index >= 15 is 0 Å². The maximum absolute atomic E-state index is 5.91. The van der Waals surface area contributed by atoms with Crippen molar-refractivity contribution in [1.82, 2.24) is 9.97 Å². The smallest absolute Gasteiger partial charge is 0.141 e. The van der Waals surface area contributed by atoms with Crippen molar-refractivity contribution in [2.24, 2.45) is 0 Å². The Balaban J connectivity index is 1.47. The highest BCUT2D eigenvalue weighted by Crippen LogP contribution is 2.25. The lowest BCUT2D eigenvalue weighted by Crippen LogP contribution is -1.98. The Kier molecular flexibility index (Phi) is 5.40. The van der Waals surface area contributed by atoms with E-state index in [-0.39, 0.29) is 0 Å². The standard InChI is InChI=1S/C23H20ClN3O/c1-2-16-5-12-22-21(13-16)23(26-15-25-22)27-19-8-10-20(11-9-19)28-14-17-3-6-18(24)7-4-17/h3-13,15H,2,14H2,1H3,(H,25,26,27). The van der Waals surface area contributed by atoms with Crippen LogP contribution in [0.1, 0.15) is 18.1 Å². The van der Waals surface area contributed by atoms with Crippen LogP contribution < -0.4 is 10.1 Å². The average molecular weight is 390 g/mol. The molecule has 0 saturated heterocycles. The lowest BCUT2D eigenvalue weighted by Gasteiger charge is -2.11. The molecule has 0 radical (unpaired) electrons. The number of hydrogen-bond donors (Lipinski definition) is 1. The number of rotatable bonds is 6. The lowest BCUT2D eigenvalue weighted by atomic mass is 10.1. The van der Waals surface area contributed by atoms with Crippen molar-refractivity contribution < 1.29 is 4.74 Å². The summed E-state index contributed by atoms with van der Waals surface area (Å²) in [5.41, 5.74) is 4.21. The molecule has 5 heteroatoms. The van der Waals surface area contributed by atoms with Crippen molar-refractivity contribution in [2.45, 2.75) is 20.0 Å². The van der Waals surface area contributed by atoms with Crippen molar-refractivity contribution in [2.75, 3.05) is 5.32 Å². The van der Waals surface area contributed by atoms with Crippen LogP contribution in [-0.2, 0) is 13.0 Å². The molecule has 4 rings (SSSR count). The number of fused-ring (bicyclic) bond motifs is 1. The van der Waals surface area contributed by atoms with Gasteiger partial charge in [0.25, 0.3) is 0 Å². The van der Waals surface area contributed by atoms with Gasteiger partial charge in [-0.3, -0.25) is 0 Å². The van der Waals surface area contributed by atoms with E-state index in [9.17, 15) is 0 Å². The summed E-state index contributed by atoms with van der Waals surface area (Å²) in [6, 6.07) is 21.8. The molecule has 1 aromatic heterocycles. The summed E-state index contributed by atoms with van der Waals surface area (Å²) in [6.07, 6.45) is 2.56. The maximum Gasteiger partial charge on any atom is 0.141 e. The second-order valence-corrected chi connectivity index (χ2v) is 6.93. The first-order valence-corrected chi connectivity index (χ1v) is 9.57. The lowest BCUT2D eigenvalue weighted by molar-refractivity contribution is 0.306. The summed E-state index contributed by atoms with van der Waals surface area (Å²) >= 11 is 5.91. The Morgan fingerprint density at radius 1 is 0.893 bits per heavy atom. The summed E-state index contributed by atoms with van der Waals surface area (Å²) in [5, 5.41) is 5.13. The Bertz CT molecular complexity index is 1080. The number of halogens is 1. The van der Waals surface area contributed by atoms with E-state index in [0.717, 1.165) is 45.2 Å². The van der Waals surface area contributed by atoms with Gasteiger partial charge in [0.2, 0.25) is 0 Å². The summed E-state index contributed by atoms with van der Waals surface area (Å²) in [4.78, 5) is 8.77. The molecule has 0 atom stereocenters. The molecule has 0 saturated carbocycles. The molecule has 4 nitrogen and oxygen atoms in total. The zero-order valence-corrected chi connectivity index (χ0v) is 16.3. The number of ether oxygens (including phenoxy) is 1. The number of hydrogen-bond acceptors (Lipinski definition) is 4. The summed E-state index contributed by atoms with van der Waals surface area (Å²) in [7, 11) is 0. The fourth-order valence-corrected chi connectivity index (χ4v) is 3.07. The van der Waals surface area contributed by atoms with Crippen LogP contribution in [0.25, 0.3) is 10.9 Å². The summed E-state index contributed by atoms with van der Waals surface area (Å²) < 4.78 is 5.84. The molecule has 0 bridgehead atoms. The quantitative estimate of drug-likeness (QED) is 0.428. The SMILES string of the molecule is CCc1ccc2ncnc(Nc3ccc(OCc4ccc(Cl)cc4)cc3)c2c1. The second-order valence-electron chi connectivity index (χ2n) is 6.49. The van der Waals surface area contributed by atoms with Crippen molar-refractivity contribution in [3.63, 3.8) is 0 Å². The van der Waals surface area contributed by atoms with Crippen molar-refractivity contribution in [3.8, 4) is 5.75 Å². The third kappa shape index (κ3) is 4.24. The maximum atomic E-state index is 5.91. The van der Waals surface area contributed by atoms with E-state index in [4.69, 9.17) is 16.3 Å². The zero-order valence-electron chi connectivity index (χ0n) is 15.5. The highest BCUT2D eigenvalue weighted by Gasteiger charge is 2.05. The van der Waals surface area contributed by atoms with Crippen LogP contribution in [0.15, 0.2) is 73.1 Å². The number of aromatic nitrogens is 2. The van der Waals surface area contributed by atoms with Gasteiger partial charge in [-0.05, 0) is 66.1 Å². The highest BCUT2D eigenvalue weighted by molar-refractivity contribution is 6.30. The second kappa shape index (κ2) is 8.28. The highest BCUT2D eigenvalue weighted by atomic mass is 35.5. The molecule has 0 aliphatic rings. The van der Waals surface area contributed by atoms with Gasteiger partial charge >= 0.3 is 0 Å². The van der Waals surface area contributed by atoms with Gasteiger partial charge in [-0.25, -0.2) is 9.97 Å². The molecule has 0 fully saturated rings. The third-order valence-corrected chi connectivity index (χ3v) is 4.80. The average Bonchev–Trinajstić information content (AvgIpc) is 2.74. The van der Waals surface area contributed by atoms with Gasteiger partial charge in [-0.1, -0.05) is 36.7 Å². The largest absolute Gasteiger partial charge is 0.489 e. The van der Waals surface area contributed by atoms with Gasteiger partial charge in [-0.15, -0.1) is 0 Å². The number of nitrogens with zero attached hydrogens (tertiary/aromatic N) is 2. The predicted octanol–water partition coefficient (Wildman–Crippen LogP) is 6.17. The minimum Gasteiger partial charge on any atom is -0.489 e. The Hall–Kier alpha value is -3.11. The molecular weight excluding hydrogens is 370 g/mol. The zero-order chi connectivity index (χ0) is 19.3. The summed E-state index contributed by atoms with van der Waals surface area (Å²) in [6.45, 7) is 2.64. The van der Waals surface area contributed by atoms with Gasteiger partial charge in [0.1, 0.15) is 24.5 Å². The molecule has 0 aliphatic heterocycles. The van der Waals surface area contributed by atoms with Crippen LogP contribution in [0.3, 0.4) is 0 Å². The molecule has 1 heterocycles. The molecular formula is C23H20ClN3O. The molecule has 28 heavy (non-hydrogen) atoms. The van der Waals surface area contributed by atoms with Crippen molar-refractivity contribution >= 4 is 34.0 Å². The molecule has 0 aliphatic carbocycles. The van der Waals surface area contributed by atoms with Crippen LogP contribution in [0.2, 0.25) is 5.02 Å². The topological polar surface area (TPSA) is 47.0 Å². The number of nitrogens with one attached hydrogen (secondary N) is 1. The Labute approximate surface area is 169 Å². The molecule has 3 aromatic carbocycles. The normalized spacial score (nSPS) is 10.8. The Morgan fingerprint density at radius 2 is 1.64 bits per heavy atom. The van der Waals surface area contributed by atoms with Crippen LogP contribution >= 0.6 is 11.6 Å². The fraction of sp³-hybridized carbons (Fsp3) is 0.130. The minimum atomic E-state index is 0.500. The van der Waals surface area contributed by atoms with Crippen molar-refractivity contribution in [3.05, 3.63) is 89.2 Å². The van der Waals surface area contributed by atoms with E-state index in [1.54, 1.807) is 6.33 Å². The van der Waals surface area contributed by atoms with Gasteiger partial charge in [-0.2, -0.15) is 0 Å².